The van der Waals surface area contributed by atoms with Crippen LogP contribution in [0.15, 0.2) is 47.5 Å². The number of carbonyl (C=O) groups is 3. The Morgan fingerprint density at radius 1 is 1.16 bits per heavy atom. The van der Waals surface area contributed by atoms with Crippen LogP contribution in [0.4, 0.5) is 9.59 Å². The van der Waals surface area contributed by atoms with Crippen molar-refractivity contribution in [3.8, 4) is 0 Å². The van der Waals surface area contributed by atoms with Crippen molar-refractivity contribution in [3.05, 3.63) is 59.1 Å². The predicted molar refractivity (Wildman–Crippen MR) is 139 cm³/mol. The molecule has 1 fully saturated rings. The van der Waals surface area contributed by atoms with Crippen LogP contribution < -0.4 is 5.32 Å². The molecule has 1 saturated heterocycles. The number of carboxylic acid groups (broad SMARTS) is 1. The highest BCUT2D eigenvalue weighted by Gasteiger charge is 2.38. The summed E-state index contributed by atoms with van der Waals surface area (Å²) < 4.78 is 28.0. The Morgan fingerprint density at radius 3 is 2.53 bits per heavy atom. The first-order valence-electron chi connectivity index (χ1n) is 12.1. The van der Waals surface area contributed by atoms with Gasteiger partial charge in [-0.2, -0.15) is 0 Å². The molecule has 2 aliphatic rings. The minimum atomic E-state index is -4.02. The SMILES string of the molecule is Cc1ncc2n1C(=O)N(C1CCN(C(=O)[C@@H](CS(=O)(=O)c3ccc4cc(Cl)ccc4c3)NC(=O)O)CC1)C2. The zero-order valence-electron chi connectivity index (χ0n) is 20.5. The van der Waals surface area contributed by atoms with Crippen molar-refractivity contribution in [3.63, 3.8) is 0 Å². The molecule has 3 heterocycles. The highest BCUT2D eigenvalue weighted by Crippen LogP contribution is 2.27. The summed E-state index contributed by atoms with van der Waals surface area (Å²) in [7, 11) is -4.02. The van der Waals surface area contributed by atoms with E-state index >= 15 is 0 Å². The van der Waals surface area contributed by atoms with Gasteiger partial charge in [-0.1, -0.05) is 23.7 Å². The average molecular weight is 560 g/mol. The van der Waals surface area contributed by atoms with Gasteiger partial charge in [-0.05, 0) is 54.8 Å². The molecular formula is C25H26ClN5O6S. The molecule has 0 aliphatic carbocycles. The quantitative estimate of drug-likeness (QED) is 0.473. The van der Waals surface area contributed by atoms with Crippen LogP contribution in [0.1, 0.15) is 24.4 Å². The molecule has 0 spiro atoms. The number of nitrogens with zero attached hydrogens (tertiary/aromatic N) is 4. The van der Waals surface area contributed by atoms with Crippen LogP contribution in [0.2, 0.25) is 5.02 Å². The second-order valence-electron chi connectivity index (χ2n) is 9.54. The summed E-state index contributed by atoms with van der Waals surface area (Å²) >= 11 is 6.00. The first kappa shape index (κ1) is 26.0. The molecule has 3 amide bonds. The number of amides is 3. The molecule has 1 aromatic heterocycles. The van der Waals surface area contributed by atoms with Gasteiger partial charge in [-0.3, -0.25) is 9.36 Å². The fourth-order valence-corrected chi connectivity index (χ4v) is 6.79. The standard InChI is InChI=1S/C25H26ClN5O6S/c1-15-27-12-20-13-30(25(35)31(15)20)19-6-8-29(9-7-19)23(32)22(28-24(33)34)14-38(36,37)21-5-3-16-10-18(26)4-2-17(16)11-21/h2-5,10-12,19,22,28H,6-9,13-14H2,1H3,(H,33,34)/t22-/m1/s1. The average Bonchev–Trinajstić information content (AvgIpc) is 3.41. The molecule has 2 N–H and O–H groups in total. The molecule has 1 atom stereocenters. The lowest BCUT2D eigenvalue weighted by Crippen LogP contribution is -2.55. The Bertz CT molecular complexity index is 1550. The minimum Gasteiger partial charge on any atom is -0.465 e. The van der Waals surface area contributed by atoms with Gasteiger partial charge < -0.3 is 20.2 Å². The van der Waals surface area contributed by atoms with Gasteiger partial charge in [0, 0.05) is 24.2 Å². The number of aryl methyl sites for hydroxylation is 1. The first-order chi connectivity index (χ1) is 18.0. The Kier molecular flexibility index (Phi) is 6.78. The second kappa shape index (κ2) is 9.91. The highest BCUT2D eigenvalue weighted by molar-refractivity contribution is 7.91. The molecule has 0 unspecified atom stereocenters. The number of nitrogens with one attached hydrogen (secondary N) is 1. The summed E-state index contributed by atoms with van der Waals surface area (Å²) in [5.41, 5.74) is 0.818. The monoisotopic (exact) mass is 559 g/mol. The van der Waals surface area contributed by atoms with Crippen molar-refractivity contribution >= 4 is 50.2 Å². The number of piperidine rings is 1. The predicted octanol–water partition coefficient (Wildman–Crippen LogP) is 2.88. The Morgan fingerprint density at radius 2 is 1.84 bits per heavy atom. The van der Waals surface area contributed by atoms with Crippen LogP contribution in [-0.4, -0.2) is 81.8 Å². The highest BCUT2D eigenvalue weighted by atomic mass is 35.5. The van der Waals surface area contributed by atoms with Gasteiger partial charge in [0.05, 0.1) is 29.1 Å². The minimum absolute atomic E-state index is 0.0164. The van der Waals surface area contributed by atoms with E-state index in [1.54, 1.807) is 46.9 Å². The van der Waals surface area contributed by atoms with Crippen LogP contribution in [0.25, 0.3) is 10.8 Å². The number of hydrogen-bond donors (Lipinski definition) is 2. The van der Waals surface area contributed by atoms with E-state index in [-0.39, 0.29) is 30.1 Å². The lowest BCUT2D eigenvalue weighted by Gasteiger charge is -2.37. The largest absolute Gasteiger partial charge is 0.465 e. The first-order valence-corrected chi connectivity index (χ1v) is 14.1. The lowest BCUT2D eigenvalue weighted by molar-refractivity contribution is -0.134. The zero-order chi connectivity index (χ0) is 27.2. The van der Waals surface area contributed by atoms with Gasteiger partial charge in [0.15, 0.2) is 9.84 Å². The van der Waals surface area contributed by atoms with Gasteiger partial charge in [0.2, 0.25) is 5.91 Å². The molecule has 0 bridgehead atoms. The van der Waals surface area contributed by atoms with Gasteiger partial charge in [0.25, 0.3) is 0 Å². The van der Waals surface area contributed by atoms with Crippen molar-refractivity contribution in [1.82, 2.24) is 24.7 Å². The van der Waals surface area contributed by atoms with E-state index < -0.39 is 33.6 Å². The van der Waals surface area contributed by atoms with Gasteiger partial charge >= 0.3 is 12.1 Å². The van der Waals surface area contributed by atoms with Crippen LogP contribution in [-0.2, 0) is 21.2 Å². The van der Waals surface area contributed by atoms with Crippen LogP contribution >= 0.6 is 11.6 Å². The summed E-state index contributed by atoms with van der Waals surface area (Å²) in [5.74, 6) is -0.705. The van der Waals surface area contributed by atoms with E-state index in [1.165, 1.54) is 17.0 Å². The number of aromatic nitrogens is 2. The summed E-state index contributed by atoms with van der Waals surface area (Å²) in [6, 6.07) is 7.86. The lowest BCUT2D eigenvalue weighted by atomic mass is 10.0. The summed E-state index contributed by atoms with van der Waals surface area (Å²) in [6.45, 7) is 2.75. The smallest absolute Gasteiger partial charge is 0.405 e. The third kappa shape index (κ3) is 4.93. The van der Waals surface area contributed by atoms with Gasteiger partial charge in [-0.25, -0.2) is 23.0 Å². The van der Waals surface area contributed by atoms with Gasteiger partial charge in [0.1, 0.15) is 11.9 Å². The van der Waals surface area contributed by atoms with Crippen molar-refractivity contribution in [2.75, 3.05) is 18.8 Å². The number of likely N-dealkylation sites (tertiary alicyclic amines) is 1. The van der Waals surface area contributed by atoms with E-state index in [0.717, 1.165) is 11.1 Å². The van der Waals surface area contributed by atoms with E-state index in [2.05, 4.69) is 10.3 Å². The second-order valence-corrected chi connectivity index (χ2v) is 12.0. The summed E-state index contributed by atoms with van der Waals surface area (Å²) in [6.07, 6.45) is 1.18. The van der Waals surface area contributed by atoms with Crippen molar-refractivity contribution in [2.45, 2.75) is 43.3 Å². The van der Waals surface area contributed by atoms with Crippen LogP contribution in [0, 0.1) is 6.92 Å². The third-order valence-electron chi connectivity index (χ3n) is 7.11. The molecule has 11 nitrogen and oxygen atoms in total. The number of halogens is 1. The third-order valence-corrected chi connectivity index (χ3v) is 9.09. The number of rotatable bonds is 6. The molecule has 3 aromatic rings. The number of imidazole rings is 1. The molecule has 38 heavy (non-hydrogen) atoms. The fraction of sp³-hybridized carbons (Fsp3) is 0.360. The van der Waals surface area contributed by atoms with E-state index in [0.29, 0.717) is 35.6 Å². The zero-order valence-corrected chi connectivity index (χ0v) is 22.1. The molecule has 2 aliphatic heterocycles. The summed E-state index contributed by atoms with van der Waals surface area (Å²) in [4.78, 5) is 45.0. The van der Waals surface area contributed by atoms with E-state index in [9.17, 15) is 27.9 Å². The molecule has 0 radical (unpaired) electrons. The molecule has 0 saturated carbocycles. The molecule has 2 aromatic carbocycles. The van der Waals surface area contributed by atoms with Crippen molar-refractivity contribution in [1.29, 1.82) is 0 Å². The van der Waals surface area contributed by atoms with Gasteiger partial charge in [-0.15, -0.1) is 0 Å². The van der Waals surface area contributed by atoms with Crippen LogP contribution in [0.3, 0.4) is 0 Å². The topological polar surface area (TPSA) is 142 Å². The van der Waals surface area contributed by atoms with Crippen LogP contribution in [0.5, 0.6) is 0 Å². The van der Waals surface area contributed by atoms with Crippen molar-refractivity contribution < 1.29 is 27.9 Å². The number of hydrogen-bond acceptors (Lipinski definition) is 6. The molecule has 200 valence electrons. The number of carbonyl (C=O) groups excluding carboxylic acids is 2. The fourth-order valence-electron chi connectivity index (χ4n) is 5.17. The number of benzene rings is 2. The Balaban J connectivity index is 1.27. The Labute approximate surface area is 223 Å². The number of sulfone groups is 1. The van der Waals surface area contributed by atoms with E-state index in [4.69, 9.17) is 11.6 Å². The van der Waals surface area contributed by atoms with Crippen molar-refractivity contribution in [2.24, 2.45) is 0 Å². The van der Waals surface area contributed by atoms with E-state index in [1.807, 2.05) is 0 Å². The maximum Gasteiger partial charge on any atom is 0.405 e. The maximum absolute atomic E-state index is 13.3. The molecule has 13 heteroatoms. The molecular weight excluding hydrogens is 534 g/mol. The maximum atomic E-state index is 13.3. The number of fused-ring (bicyclic) bond motifs is 2. The normalized spacial score (nSPS) is 17.1. The summed E-state index contributed by atoms with van der Waals surface area (Å²) in [5, 5.41) is 13.3. The molecule has 5 rings (SSSR count). The Hall–Kier alpha value is -3.64.